The molecule has 6 rings (SSSR count). The van der Waals surface area contributed by atoms with Crippen LogP contribution in [0, 0.1) is 12.8 Å². The van der Waals surface area contributed by atoms with E-state index in [9.17, 15) is 19.5 Å². The summed E-state index contributed by atoms with van der Waals surface area (Å²) in [6.45, 7) is 6.53. The molecule has 2 aromatic heterocycles. The molecule has 244 valence electrons. The first-order valence-corrected chi connectivity index (χ1v) is 16.7. The number of benzene rings is 1. The second-order valence-electron chi connectivity index (χ2n) is 12.6. The fourth-order valence-electron chi connectivity index (χ4n) is 6.30. The number of amides is 2. The molecule has 2 amide bonds. The number of hydrogen-bond acceptors (Lipinski definition) is 9. The standard InChI is InChI=1S/C34H40N4O7S/c1-19(2)25-18-46-32(36-25)24-14-28(23-10-11-27(43-4)20(3)30(23)35-24)45-22-13-26-31(40)37-34(33(41)42)15-21(34)9-7-5-6-8-12-44-17-29(39)38(26)16-22/h7,9-11,14,18-19,21-22,26H,5-6,8,12-13,15-17H2,1-4H3,(H,37,40)(H,41,42). The average Bonchev–Trinajstić information content (AvgIpc) is 3.33. The van der Waals surface area contributed by atoms with Gasteiger partial charge < -0.3 is 29.5 Å². The molecule has 1 saturated carbocycles. The van der Waals surface area contributed by atoms with Crippen LogP contribution in [0.25, 0.3) is 21.6 Å². The van der Waals surface area contributed by atoms with Crippen LogP contribution < -0.4 is 14.8 Å². The van der Waals surface area contributed by atoms with Crippen molar-refractivity contribution < 1.29 is 33.7 Å². The van der Waals surface area contributed by atoms with Crippen molar-refractivity contribution in [1.29, 1.82) is 0 Å². The summed E-state index contributed by atoms with van der Waals surface area (Å²) in [5, 5.41) is 16.4. The second kappa shape index (κ2) is 13.0. The third kappa shape index (κ3) is 6.20. The Hall–Kier alpha value is -4.03. The van der Waals surface area contributed by atoms with Gasteiger partial charge in [-0.15, -0.1) is 11.3 Å². The predicted octanol–water partition coefficient (Wildman–Crippen LogP) is 4.86. The number of aliphatic carboxylic acids is 1. The summed E-state index contributed by atoms with van der Waals surface area (Å²) < 4.78 is 17.9. The Morgan fingerprint density at radius 3 is 2.78 bits per heavy atom. The smallest absolute Gasteiger partial charge is 0.330 e. The first-order chi connectivity index (χ1) is 22.1. The molecule has 0 radical (unpaired) electrons. The van der Waals surface area contributed by atoms with Gasteiger partial charge in [-0.1, -0.05) is 26.0 Å². The van der Waals surface area contributed by atoms with Gasteiger partial charge in [-0.3, -0.25) is 9.59 Å². The first kappa shape index (κ1) is 31.9. The molecule has 4 unspecified atom stereocenters. The summed E-state index contributed by atoms with van der Waals surface area (Å²) in [6, 6.07) is 4.71. The lowest BCUT2D eigenvalue weighted by atomic mass is 10.1. The van der Waals surface area contributed by atoms with E-state index in [4.69, 9.17) is 24.2 Å². The minimum absolute atomic E-state index is 0.146. The Kier molecular flexibility index (Phi) is 9.02. The quantitative estimate of drug-likeness (QED) is 0.359. The second-order valence-corrected chi connectivity index (χ2v) is 13.5. The average molecular weight is 649 g/mol. The number of allylic oxidation sites excluding steroid dienone is 1. The van der Waals surface area contributed by atoms with E-state index in [0.717, 1.165) is 40.9 Å². The number of aromatic nitrogens is 2. The SMILES string of the molecule is COc1ccc2c(OC3CC4C(=O)NC5(C(=O)O)CC5C=CCCCCOCC(=O)N4C3)cc(-c3nc(C(C)C)cs3)nc2c1C. The molecule has 2 aliphatic heterocycles. The molecule has 2 fully saturated rings. The monoisotopic (exact) mass is 648 g/mol. The van der Waals surface area contributed by atoms with Crippen LogP contribution in [0.3, 0.4) is 0 Å². The van der Waals surface area contributed by atoms with Crippen molar-refractivity contribution >= 4 is 40.0 Å². The van der Waals surface area contributed by atoms with Gasteiger partial charge in [0, 0.05) is 41.3 Å². The van der Waals surface area contributed by atoms with Gasteiger partial charge in [0.1, 0.15) is 46.5 Å². The van der Waals surface area contributed by atoms with Crippen LogP contribution in [0.5, 0.6) is 11.5 Å². The minimum atomic E-state index is -1.37. The fraction of sp³-hybridized carbons (Fsp3) is 0.500. The van der Waals surface area contributed by atoms with Gasteiger partial charge in [0.05, 0.1) is 24.9 Å². The number of fused-ring (bicyclic) bond motifs is 3. The van der Waals surface area contributed by atoms with E-state index < -0.39 is 29.6 Å². The van der Waals surface area contributed by atoms with E-state index in [-0.39, 0.29) is 37.3 Å². The van der Waals surface area contributed by atoms with E-state index in [2.05, 4.69) is 19.2 Å². The lowest BCUT2D eigenvalue weighted by Crippen LogP contribution is -2.53. The highest BCUT2D eigenvalue weighted by molar-refractivity contribution is 7.13. The molecule has 1 aliphatic carbocycles. The molecular formula is C34H40N4O7S. The molecule has 3 aromatic rings. The largest absolute Gasteiger partial charge is 0.496 e. The van der Waals surface area contributed by atoms with Gasteiger partial charge in [-0.05, 0) is 50.7 Å². The highest BCUT2D eigenvalue weighted by Gasteiger charge is 2.61. The molecule has 2 N–H and O–H groups in total. The van der Waals surface area contributed by atoms with Gasteiger partial charge in [-0.25, -0.2) is 14.8 Å². The number of methoxy groups -OCH3 is 1. The molecule has 46 heavy (non-hydrogen) atoms. The Bertz CT molecular complexity index is 1690. The normalized spacial score (nSPS) is 25.4. The Labute approximate surface area is 272 Å². The molecule has 1 aromatic carbocycles. The van der Waals surface area contributed by atoms with Gasteiger partial charge in [0.2, 0.25) is 11.8 Å². The van der Waals surface area contributed by atoms with E-state index in [0.29, 0.717) is 35.7 Å². The maximum Gasteiger partial charge on any atom is 0.330 e. The summed E-state index contributed by atoms with van der Waals surface area (Å²) in [5.41, 5.74) is 1.82. The third-order valence-corrected chi connectivity index (χ3v) is 10.0. The number of rotatable bonds is 6. The van der Waals surface area contributed by atoms with Crippen LogP contribution in [0.1, 0.15) is 63.1 Å². The third-order valence-electron chi connectivity index (χ3n) is 9.12. The van der Waals surface area contributed by atoms with Crippen molar-refractivity contribution in [3.63, 3.8) is 0 Å². The van der Waals surface area contributed by atoms with Crippen molar-refractivity contribution in [2.75, 3.05) is 26.9 Å². The summed E-state index contributed by atoms with van der Waals surface area (Å²) in [6.07, 6.45) is 6.24. The molecule has 4 heterocycles. The number of pyridine rings is 1. The fourth-order valence-corrected chi connectivity index (χ4v) is 7.24. The zero-order valence-electron chi connectivity index (χ0n) is 26.6. The number of hydrogen-bond donors (Lipinski definition) is 2. The lowest BCUT2D eigenvalue weighted by Gasteiger charge is -2.25. The maximum atomic E-state index is 13.7. The Morgan fingerprint density at radius 1 is 1.22 bits per heavy atom. The summed E-state index contributed by atoms with van der Waals surface area (Å²) >= 11 is 1.51. The Balaban J connectivity index is 1.33. The predicted molar refractivity (Wildman–Crippen MR) is 173 cm³/mol. The van der Waals surface area contributed by atoms with Crippen molar-refractivity contribution in [3.05, 3.63) is 47.0 Å². The van der Waals surface area contributed by atoms with Crippen LogP contribution in [0.15, 0.2) is 35.7 Å². The number of nitrogens with zero attached hydrogens (tertiary/aromatic N) is 3. The first-order valence-electron chi connectivity index (χ1n) is 15.8. The summed E-state index contributed by atoms with van der Waals surface area (Å²) in [7, 11) is 1.62. The number of aryl methyl sites for hydroxylation is 1. The van der Waals surface area contributed by atoms with Crippen molar-refractivity contribution in [2.45, 2.75) is 76.5 Å². The highest BCUT2D eigenvalue weighted by Crippen LogP contribution is 2.45. The van der Waals surface area contributed by atoms with Crippen LogP contribution in [-0.4, -0.2) is 82.3 Å². The summed E-state index contributed by atoms with van der Waals surface area (Å²) in [4.78, 5) is 50.7. The van der Waals surface area contributed by atoms with Gasteiger partial charge in [0.25, 0.3) is 0 Å². The zero-order chi connectivity index (χ0) is 32.6. The lowest BCUT2D eigenvalue weighted by molar-refractivity contribution is -0.146. The number of nitrogens with one attached hydrogen (secondary N) is 1. The molecule has 0 spiro atoms. The molecule has 1 saturated heterocycles. The van der Waals surface area contributed by atoms with Crippen molar-refractivity contribution in [1.82, 2.24) is 20.2 Å². The van der Waals surface area contributed by atoms with Gasteiger partial charge >= 0.3 is 5.97 Å². The van der Waals surface area contributed by atoms with Crippen LogP contribution in [0.2, 0.25) is 0 Å². The van der Waals surface area contributed by atoms with Crippen LogP contribution >= 0.6 is 11.3 Å². The molecular weight excluding hydrogens is 608 g/mol. The van der Waals surface area contributed by atoms with E-state index in [1.54, 1.807) is 7.11 Å². The highest BCUT2D eigenvalue weighted by atomic mass is 32.1. The zero-order valence-corrected chi connectivity index (χ0v) is 27.4. The number of carbonyl (C=O) groups excluding carboxylic acids is 2. The van der Waals surface area contributed by atoms with E-state index >= 15 is 0 Å². The van der Waals surface area contributed by atoms with Crippen LogP contribution in [-0.2, 0) is 19.1 Å². The maximum absolute atomic E-state index is 13.7. The number of thiazole rings is 1. The van der Waals surface area contributed by atoms with Gasteiger partial charge in [0.15, 0.2) is 0 Å². The van der Waals surface area contributed by atoms with Crippen molar-refractivity contribution in [2.24, 2.45) is 5.92 Å². The minimum Gasteiger partial charge on any atom is -0.496 e. The molecule has 3 aliphatic rings. The Morgan fingerprint density at radius 2 is 2.04 bits per heavy atom. The summed E-state index contributed by atoms with van der Waals surface area (Å²) in [5.74, 6) is -0.688. The number of carboxylic acid groups (broad SMARTS) is 1. The molecule has 4 atom stereocenters. The number of carbonyl (C=O) groups is 3. The molecule has 0 bridgehead atoms. The van der Waals surface area contributed by atoms with E-state index in [1.165, 1.54) is 16.2 Å². The van der Waals surface area contributed by atoms with Crippen LogP contribution in [0.4, 0.5) is 0 Å². The molecule has 11 nitrogen and oxygen atoms in total. The molecule has 12 heteroatoms. The van der Waals surface area contributed by atoms with Gasteiger partial charge in [-0.2, -0.15) is 0 Å². The van der Waals surface area contributed by atoms with Crippen molar-refractivity contribution in [3.8, 4) is 22.2 Å². The number of ether oxygens (including phenoxy) is 3. The number of carboxylic acids is 1. The topological polar surface area (TPSA) is 140 Å². The van der Waals surface area contributed by atoms with E-state index in [1.807, 2.05) is 42.7 Å².